The lowest BCUT2D eigenvalue weighted by Crippen LogP contribution is -2.39. The van der Waals surface area contributed by atoms with Crippen molar-refractivity contribution in [1.82, 2.24) is 20.4 Å². The smallest absolute Gasteiger partial charge is 0.229 e. The van der Waals surface area contributed by atoms with E-state index in [0.717, 1.165) is 18.3 Å². The van der Waals surface area contributed by atoms with Crippen LogP contribution in [-0.4, -0.2) is 40.7 Å². The van der Waals surface area contributed by atoms with Crippen molar-refractivity contribution in [2.24, 2.45) is 0 Å². The monoisotopic (exact) mass is 306 g/mol. The van der Waals surface area contributed by atoms with Crippen molar-refractivity contribution in [1.29, 1.82) is 0 Å². The Morgan fingerprint density at radius 2 is 1.86 bits per heavy atom. The lowest BCUT2D eigenvalue weighted by atomic mass is 10.1. The van der Waals surface area contributed by atoms with Crippen molar-refractivity contribution in [2.45, 2.75) is 76.8 Å². The fourth-order valence-corrected chi connectivity index (χ4v) is 3.71. The largest absolute Gasteiger partial charge is 0.339 e. The molecule has 5 heteroatoms. The Morgan fingerprint density at radius 3 is 2.59 bits per heavy atom. The Bertz CT molecular complexity index is 434. The molecule has 1 aliphatic heterocycles. The second-order valence-corrected chi connectivity index (χ2v) is 7.03. The van der Waals surface area contributed by atoms with Crippen LogP contribution in [0.2, 0.25) is 0 Å². The molecule has 5 nitrogen and oxygen atoms in total. The van der Waals surface area contributed by atoms with Gasteiger partial charge in [-0.3, -0.25) is 0 Å². The summed E-state index contributed by atoms with van der Waals surface area (Å²) in [5.41, 5.74) is 0. The van der Waals surface area contributed by atoms with Gasteiger partial charge in [-0.1, -0.05) is 30.8 Å². The molecule has 1 atom stereocenters. The zero-order valence-corrected chi connectivity index (χ0v) is 13.9. The second kappa shape index (κ2) is 8.06. The van der Waals surface area contributed by atoms with Crippen LogP contribution in [0.1, 0.15) is 75.9 Å². The van der Waals surface area contributed by atoms with Gasteiger partial charge < -0.3 is 14.7 Å². The third-order valence-electron chi connectivity index (χ3n) is 5.03. The molecule has 3 rings (SSSR count). The summed E-state index contributed by atoms with van der Waals surface area (Å²) in [5, 5.41) is 7.68. The maximum Gasteiger partial charge on any atom is 0.229 e. The summed E-state index contributed by atoms with van der Waals surface area (Å²) >= 11 is 0. The summed E-state index contributed by atoms with van der Waals surface area (Å²) in [7, 11) is 0. The Kier molecular flexibility index (Phi) is 5.84. The molecule has 2 fully saturated rings. The Labute approximate surface area is 133 Å². The van der Waals surface area contributed by atoms with Gasteiger partial charge in [0.15, 0.2) is 5.82 Å². The molecular weight excluding hydrogens is 276 g/mol. The molecule has 2 heterocycles. The number of rotatable bonds is 6. The molecule has 0 amide bonds. The normalized spacial score (nSPS) is 22.8. The van der Waals surface area contributed by atoms with Gasteiger partial charge in [-0.05, 0) is 45.7 Å². The molecule has 1 saturated carbocycles. The number of nitrogens with one attached hydrogen (secondary N) is 1. The minimum atomic E-state index is 0.464. The molecule has 1 aromatic heterocycles. The van der Waals surface area contributed by atoms with Gasteiger partial charge in [-0.25, -0.2) is 0 Å². The molecule has 1 unspecified atom stereocenters. The van der Waals surface area contributed by atoms with Crippen molar-refractivity contribution in [3.63, 3.8) is 0 Å². The van der Waals surface area contributed by atoms with Gasteiger partial charge in [0.1, 0.15) is 0 Å². The van der Waals surface area contributed by atoms with Crippen LogP contribution in [0.15, 0.2) is 4.52 Å². The van der Waals surface area contributed by atoms with Crippen LogP contribution >= 0.6 is 0 Å². The Balaban J connectivity index is 1.41. The first-order chi connectivity index (χ1) is 10.8. The quantitative estimate of drug-likeness (QED) is 0.875. The van der Waals surface area contributed by atoms with E-state index in [2.05, 4.69) is 27.3 Å². The summed E-state index contributed by atoms with van der Waals surface area (Å²) in [6, 6.07) is 0.464. The molecule has 0 radical (unpaired) electrons. The molecule has 124 valence electrons. The molecule has 1 N–H and O–H groups in total. The topological polar surface area (TPSA) is 54.2 Å². The Morgan fingerprint density at radius 1 is 1.14 bits per heavy atom. The highest BCUT2D eigenvalue weighted by Crippen LogP contribution is 2.32. The number of hydrogen-bond donors (Lipinski definition) is 1. The van der Waals surface area contributed by atoms with E-state index in [1.165, 1.54) is 64.5 Å². The van der Waals surface area contributed by atoms with E-state index >= 15 is 0 Å². The second-order valence-electron chi connectivity index (χ2n) is 7.03. The first-order valence-corrected chi connectivity index (χ1v) is 9.09. The van der Waals surface area contributed by atoms with Gasteiger partial charge in [0.05, 0.1) is 6.54 Å². The van der Waals surface area contributed by atoms with Gasteiger partial charge in [0, 0.05) is 18.5 Å². The summed E-state index contributed by atoms with van der Waals surface area (Å²) in [4.78, 5) is 7.16. The third kappa shape index (κ3) is 4.53. The molecular formula is C17H30N4O. The highest BCUT2D eigenvalue weighted by Gasteiger charge is 2.23. The first kappa shape index (κ1) is 15.9. The fourth-order valence-electron chi connectivity index (χ4n) is 3.71. The van der Waals surface area contributed by atoms with E-state index in [-0.39, 0.29) is 0 Å². The van der Waals surface area contributed by atoms with E-state index in [9.17, 15) is 0 Å². The maximum atomic E-state index is 5.44. The molecule has 1 saturated heterocycles. The highest BCUT2D eigenvalue weighted by molar-refractivity contribution is 4.96. The minimum absolute atomic E-state index is 0.464. The predicted molar refractivity (Wildman–Crippen MR) is 86.7 cm³/mol. The lowest BCUT2D eigenvalue weighted by molar-refractivity contribution is 0.254. The van der Waals surface area contributed by atoms with E-state index < -0.39 is 0 Å². The highest BCUT2D eigenvalue weighted by atomic mass is 16.5. The van der Waals surface area contributed by atoms with Crippen LogP contribution in [0.4, 0.5) is 0 Å². The molecule has 0 spiro atoms. The number of nitrogens with zero attached hydrogens (tertiary/aromatic N) is 3. The van der Waals surface area contributed by atoms with E-state index in [1.54, 1.807) is 0 Å². The SMILES string of the molecule is CC(CN1CCCCCC1)NCc1noc(C2CCCC2)n1. The Hall–Kier alpha value is -0.940. The molecule has 1 aliphatic carbocycles. The van der Waals surface area contributed by atoms with Crippen LogP contribution in [0.25, 0.3) is 0 Å². The van der Waals surface area contributed by atoms with Gasteiger partial charge >= 0.3 is 0 Å². The standard InChI is InChI=1S/C17H30N4O/c1-14(13-21-10-6-2-3-7-11-21)18-12-16-19-17(22-20-16)15-8-4-5-9-15/h14-15,18H,2-13H2,1H3. The van der Waals surface area contributed by atoms with Crippen molar-refractivity contribution >= 4 is 0 Å². The molecule has 22 heavy (non-hydrogen) atoms. The van der Waals surface area contributed by atoms with E-state index in [4.69, 9.17) is 4.52 Å². The molecule has 2 aliphatic rings. The molecule has 1 aromatic rings. The average molecular weight is 306 g/mol. The third-order valence-corrected chi connectivity index (χ3v) is 5.03. The fraction of sp³-hybridized carbons (Fsp3) is 0.882. The number of hydrogen-bond acceptors (Lipinski definition) is 5. The maximum absolute atomic E-state index is 5.44. The summed E-state index contributed by atoms with van der Waals surface area (Å²) < 4.78 is 5.44. The van der Waals surface area contributed by atoms with Crippen molar-refractivity contribution in [3.8, 4) is 0 Å². The van der Waals surface area contributed by atoms with Crippen molar-refractivity contribution in [3.05, 3.63) is 11.7 Å². The molecule has 0 bridgehead atoms. The zero-order valence-electron chi connectivity index (χ0n) is 13.9. The summed E-state index contributed by atoms with van der Waals surface area (Å²) in [6.07, 6.45) is 10.5. The van der Waals surface area contributed by atoms with Gasteiger partial charge in [0.25, 0.3) is 0 Å². The first-order valence-electron chi connectivity index (χ1n) is 9.09. The number of likely N-dealkylation sites (tertiary alicyclic amines) is 1. The summed E-state index contributed by atoms with van der Waals surface area (Å²) in [6.45, 7) is 6.58. The zero-order chi connectivity index (χ0) is 15.2. The van der Waals surface area contributed by atoms with Crippen molar-refractivity contribution in [2.75, 3.05) is 19.6 Å². The summed E-state index contributed by atoms with van der Waals surface area (Å²) in [5.74, 6) is 2.18. The number of aromatic nitrogens is 2. The van der Waals surface area contributed by atoms with Crippen molar-refractivity contribution < 1.29 is 4.52 Å². The molecule has 0 aromatic carbocycles. The van der Waals surface area contributed by atoms with E-state index in [1.807, 2.05) is 0 Å². The average Bonchev–Trinajstić information content (AvgIpc) is 3.14. The van der Waals surface area contributed by atoms with E-state index in [0.29, 0.717) is 18.5 Å². The van der Waals surface area contributed by atoms with Crippen LogP contribution < -0.4 is 5.32 Å². The van der Waals surface area contributed by atoms with Crippen LogP contribution in [-0.2, 0) is 6.54 Å². The van der Waals surface area contributed by atoms with Gasteiger partial charge in [0.2, 0.25) is 5.89 Å². The van der Waals surface area contributed by atoms with Crippen LogP contribution in [0.5, 0.6) is 0 Å². The minimum Gasteiger partial charge on any atom is -0.339 e. The van der Waals surface area contributed by atoms with Crippen LogP contribution in [0, 0.1) is 0 Å². The van der Waals surface area contributed by atoms with Crippen LogP contribution in [0.3, 0.4) is 0 Å². The van der Waals surface area contributed by atoms with Gasteiger partial charge in [-0.15, -0.1) is 0 Å². The predicted octanol–water partition coefficient (Wildman–Crippen LogP) is 3.08. The van der Waals surface area contributed by atoms with Gasteiger partial charge in [-0.2, -0.15) is 4.98 Å². The lowest BCUT2D eigenvalue weighted by Gasteiger charge is -2.24.